The summed E-state index contributed by atoms with van der Waals surface area (Å²) < 4.78 is 35.3. The van der Waals surface area contributed by atoms with Crippen molar-refractivity contribution < 1.29 is 23.1 Å². The molecule has 1 saturated heterocycles. The van der Waals surface area contributed by atoms with Gasteiger partial charge >= 0.3 is 0 Å². The second kappa shape index (κ2) is 11.8. The van der Waals surface area contributed by atoms with Gasteiger partial charge in [0, 0.05) is 38.6 Å². The molecule has 214 valence electrons. The summed E-state index contributed by atoms with van der Waals surface area (Å²) in [5.74, 6) is 0.179. The molecule has 1 fully saturated rings. The predicted octanol–water partition coefficient (Wildman–Crippen LogP) is 2.83. The monoisotopic (exact) mass is 569 g/mol. The minimum absolute atomic E-state index is 0.316. The standard InChI is InChI=1S/C27H35N7O5S/c1-27-10-4-13-33(19-27)23-18-20(32-40(37,38)17-15-35)6-7-21(23)26(36)31-24-9-8-22(34-14-5-12-29-34)25(30-24)28-11-2-3-16-39-27/h5-9,12,14,18,32,35H,2-4,10-11,13,15-17,19H2,1H3,(H2,28,30,31,36). The number of hydrogen-bond donors (Lipinski definition) is 4. The highest BCUT2D eigenvalue weighted by Crippen LogP contribution is 2.33. The number of amides is 1. The van der Waals surface area contributed by atoms with Crippen LogP contribution in [-0.4, -0.2) is 78.4 Å². The summed E-state index contributed by atoms with van der Waals surface area (Å²) in [5, 5.41) is 19.7. The Hall–Kier alpha value is -3.68. The number of ether oxygens (including phenoxy) is 1. The van der Waals surface area contributed by atoms with Gasteiger partial charge in [-0.1, -0.05) is 0 Å². The zero-order chi connectivity index (χ0) is 28.2. The van der Waals surface area contributed by atoms with Crippen molar-refractivity contribution in [2.45, 2.75) is 38.2 Å². The third-order valence-corrected chi connectivity index (χ3v) is 8.32. The maximum absolute atomic E-state index is 13.6. The number of aromatic nitrogens is 3. The molecular formula is C27H35N7O5S. The highest BCUT2D eigenvalue weighted by Gasteiger charge is 2.33. The maximum Gasteiger partial charge on any atom is 0.258 e. The number of fused-ring (bicyclic) bond motifs is 6. The first-order chi connectivity index (χ1) is 19.3. The van der Waals surface area contributed by atoms with E-state index in [9.17, 15) is 13.2 Å². The van der Waals surface area contributed by atoms with E-state index in [1.807, 2.05) is 18.3 Å². The molecule has 1 aromatic carbocycles. The lowest BCUT2D eigenvalue weighted by Gasteiger charge is -2.42. The number of piperidine rings is 1. The van der Waals surface area contributed by atoms with Crippen LogP contribution >= 0.6 is 0 Å². The molecule has 0 saturated carbocycles. The number of pyridine rings is 1. The van der Waals surface area contributed by atoms with Crippen molar-refractivity contribution in [2.24, 2.45) is 0 Å². The van der Waals surface area contributed by atoms with E-state index in [1.54, 1.807) is 35.1 Å². The van der Waals surface area contributed by atoms with Crippen LogP contribution < -0.4 is 20.3 Å². The zero-order valence-electron chi connectivity index (χ0n) is 22.5. The molecule has 2 aliphatic rings. The van der Waals surface area contributed by atoms with E-state index in [-0.39, 0.29) is 5.91 Å². The molecule has 12 nitrogen and oxygen atoms in total. The number of carbonyl (C=O) groups is 1. The number of hydrogen-bond acceptors (Lipinski definition) is 9. The molecule has 2 aromatic heterocycles. The van der Waals surface area contributed by atoms with E-state index in [0.29, 0.717) is 54.8 Å². The molecule has 3 aromatic rings. The molecule has 4 bridgehead atoms. The van der Waals surface area contributed by atoms with Crippen molar-refractivity contribution in [3.63, 3.8) is 0 Å². The Balaban J connectivity index is 1.53. The first-order valence-electron chi connectivity index (χ1n) is 13.5. The second-order valence-electron chi connectivity index (χ2n) is 10.3. The normalized spacial score (nSPS) is 20.2. The Morgan fingerprint density at radius 3 is 2.85 bits per heavy atom. The molecule has 0 spiro atoms. The molecule has 4 N–H and O–H groups in total. The van der Waals surface area contributed by atoms with Gasteiger partial charge in [-0.15, -0.1) is 0 Å². The van der Waals surface area contributed by atoms with Gasteiger partial charge < -0.3 is 25.4 Å². The molecule has 1 unspecified atom stereocenters. The fourth-order valence-electron chi connectivity index (χ4n) is 5.11. The summed E-state index contributed by atoms with van der Waals surface area (Å²) in [6, 6.07) is 10.2. The number of sulfonamides is 1. The van der Waals surface area contributed by atoms with E-state index >= 15 is 0 Å². The Morgan fingerprint density at radius 1 is 1.18 bits per heavy atom. The molecule has 1 amide bonds. The third-order valence-electron chi connectivity index (χ3n) is 7.06. The number of rotatable bonds is 5. The lowest BCUT2D eigenvalue weighted by molar-refractivity contribution is -0.0412. The topological polar surface area (TPSA) is 151 Å². The van der Waals surface area contributed by atoms with Crippen LogP contribution in [0.25, 0.3) is 5.69 Å². The summed E-state index contributed by atoms with van der Waals surface area (Å²) in [7, 11) is -3.74. The van der Waals surface area contributed by atoms with Crippen LogP contribution in [0.4, 0.5) is 23.0 Å². The summed E-state index contributed by atoms with van der Waals surface area (Å²) in [5.41, 5.74) is 1.63. The van der Waals surface area contributed by atoms with Gasteiger partial charge in [0.2, 0.25) is 10.0 Å². The maximum atomic E-state index is 13.6. The van der Waals surface area contributed by atoms with Crippen molar-refractivity contribution in [3.05, 3.63) is 54.4 Å². The minimum Gasteiger partial charge on any atom is -0.395 e. The number of nitrogens with zero attached hydrogens (tertiary/aromatic N) is 4. The Bertz CT molecular complexity index is 1450. The number of anilines is 4. The first kappa shape index (κ1) is 27.9. The SMILES string of the molecule is CC12CCCN(C1)c1cc(NS(=O)(=O)CCO)ccc1C(=O)Nc1ccc(-n3cccn3)c(n1)NCCCCO2. The molecule has 5 rings (SSSR count). The van der Waals surface area contributed by atoms with Gasteiger partial charge in [0.15, 0.2) is 5.82 Å². The number of carbonyl (C=O) groups excluding carboxylic acids is 1. The Morgan fingerprint density at radius 2 is 2.05 bits per heavy atom. The van der Waals surface area contributed by atoms with Gasteiger partial charge in [-0.3, -0.25) is 9.52 Å². The van der Waals surface area contributed by atoms with Gasteiger partial charge in [-0.05, 0) is 69.0 Å². The molecule has 1 atom stereocenters. The molecule has 2 aliphatic heterocycles. The van der Waals surface area contributed by atoms with E-state index in [4.69, 9.17) is 9.84 Å². The van der Waals surface area contributed by atoms with Gasteiger partial charge in [0.05, 0.1) is 34.9 Å². The van der Waals surface area contributed by atoms with Crippen LogP contribution in [0.5, 0.6) is 0 Å². The lowest BCUT2D eigenvalue weighted by Crippen LogP contribution is -2.48. The number of aliphatic hydroxyl groups is 1. The van der Waals surface area contributed by atoms with Gasteiger partial charge in [-0.2, -0.15) is 5.10 Å². The van der Waals surface area contributed by atoms with Gasteiger partial charge in [0.1, 0.15) is 11.5 Å². The average molecular weight is 570 g/mol. The first-order valence-corrected chi connectivity index (χ1v) is 15.1. The summed E-state index contributed by atoms with van der Waals surface area (Å²) in [6.07, 6.45) is 7.00. The molecule has 0 aliphatic carbocycles. The van der Waals surface area contributed by atoms with Crippen LogP contribution in [0.1, 0.15) is 43.0 Å². The lowest BCUT2D eigenvalue weighted by atomic mass is 9.93. The zero-order valence-corrected chi connectivity index (χ0v) is 23.3. The average Bonchev–Trinajstić information content (AvgIpc) is 3.45. The van der Waals surface area contributed by atoms with E-state index < -0.39 is 28.0 Å². The summed E-state index contributed by atoms with van der Waals surface area (Å²) >= 11 is 0. The number of aliphatic hydroxyl groups excluding tert-OH is 1. The smallest absolute Gasteiger partial charge is 0.258 e. The molecule has 40 heavy (non-hydrogen) atoms. The Kier molecular flexibility index (Phi) is 8.24. The summed E-state index contributed by atoms with van der Waals surface area (Å²) in [6.45, 7) is 4.12. The van der Waals surface area contributed by atoms with Gasteiger partial charge in [0.25, 0.3) is 5.91 Å². The van der Waals surface area contributed by atoms with Crippen molar-refractivity contribution in [1.29, 1.82) is 0 Å². The number of nitrogens with one attached hydrogen (secondary N) is 3. The largest absolute Gasteiger partial charge is 0.395 e. The Labute approximate surface area is 233 Å². The highest BCUT2D eigenvalue weighted by atomic mass is 32.2. The van der Waals surface area contributed by atoms with Crippen molar-refractivity contribution in [3.8, 4) is 5.69 Å². The number of benzene rings is 1. The third kappa shape index (κ3) is 6.54. The minimum atomic E-state index is -3.74. The highest BCUT2D eigenvalue weighted by molar-refractivity contribution is 7.92. The van der Waals surface area contributed by atoms with Crippen LogP contribution in [0.2, 0.25) is 0 Å². The van der Waals surface area contributed by atoms with Crippen LogP contribution in [-0.2, 0) is 14.8 Å². The van der Waals surface area contributed by atoms with E-state index in [0.717, 1.165) is 31.4 Å². The van der Waals surface area contributed by atoms with Gasteiger partial charge in [-0.25, -0.2) is 18.1 Å². The van der Waals surface area contributed by atoms with Crippen LogP contribution in [0.15, 0.2) is 48.8 Å². The molecule has 4 heterocycles. The van der Waals surface area contributed by atoms with Crippen molar-refractivity contribution in [1.82, 2.24) is 14.8 Å². The van der Waals surface area contributed by atoms with Crippen molar-refractivity contribution >= 4 is 38.9 Å². The van der Waals surface area contributed by atoms with Crippen LogP contribution in [0, 0.1) is 0 Å². The van der Waals surface area contributed by atoms with Crippen molar-refractivity contribution in [2.75, 3.05) is 58.9 Å². The molecule has 13 heteroatoms. The van der Waals surface area contributed by atoms with E-state index in [2.05, 4.69) is 37.3 Å². The summed E-state index contributed by atoms with van der Waals surface area (Å²) in [4.78, 5) is 20.4. The fourth-order valence-corrected chi connectivity index (χ4v) is 5.94. The van der Waals surface area contributed by atoms with Crippen LogP contribution in [0.3, 0.4) is 0 Å². The predicted molar refractivity (Wildman–Crippen MR) is 154 cm³/mol. The quantitative estimate of drug-likeness (QED) is 0.364. The van der Waals surface area contributed by atoms with E-state index in [1.165, 1.54) is 0 Å². The fraction of sp³-hybridized carbons (Fsp3) is 0.444. The molecular weight excluding hydrogens is 534 g/mol. The second-order valence-corrected chi connectivity index (χ2v) is 12.1. The molecule has 0 radical (unpaired) electrons.